The van der Waals surface area contributed by atoms with Gasteiger partial charge in [-0.25, -0.2) is 8.78 Å². The van der Waals surface area contributed by atoms with E-state index in [1.54, 1.807) is 6.07 Å². The highest BCUT2D eigenvalue weighted by Crippen LogP contribution is 2.30. The smallest absolute Gasteiger partial charge is 0.176 e. The molecule has 0 spiro atoms. The van der Waals surface area contributed by atoms with Crippen molar-refractivity contribution >= 4 is 0 Å². The summed E-state index contributed by atoms with van der Waals surface area (Å²) < 4.78 is 33.0. The average Bonchev–Trinajstić information content (AvgIpc) is 2.50. The van der Waals surface area contributed by atoms with Crippen molar-refractivity contribution in [2.24, 2.45) is 5.92 Å². The largest absolute Gasteiger partial charge is 0.379 e. The van der Waals surface area contributed by atoms with E-state index >= 15 is 0 Å². The Morgan fingerprint density at radius 1 is 1.19 bits per heavy atom. The normalized spacial score (nSPS) is 22.0. The van der Waals surface area contributed by atoms with Crippen molar-refractivity contribution in [1.29, 1.82) is 5.26 Å². The molecule has 0 amide bonds. The molecule has 0 bridgehead atoms. The van der Waals surface area contributed by atoms with Crippen LogP contribution in [0.25, 0.3) is 0 Å². The number of ether oxygens (including phenoxy) is 1. The third-order valence-corrected chi connectivity index (χ3v) is 4.30. The van der Waals surface area contributed by atoms with Crippen LogP contribution >= 0.6 is 0 Å². The molecular weight excluding hydrogens is 272 g/mol. The van der Waals surface area contributed by atoms with E-state index in [1.165, 1.54) is 12.1 Å². The SMILES string of the molecule is CCOC1CCC(CCc2ccc(C#N)c(F)c2F)CC1. The van der Waals surface area contributed by atoms with Crippen LogP contribution in [0.1, 0.15) is 50.2 Å². The van der Waals surface area contributed by atoms with E-state index in [0.29, 0.717) is 24.0 Å². The highest BCUT2D eigenvalue weighted by atomic mass is 19.2. The van der Waals surface area contributed by atoms with Crippen molar-refractivity contribution in [3.8, 4) is 6.07 Å². The zero-order valence-electron chi connectivity index (χ0n) is 12.4. The average molecular weight is 293 g/mol. The van der Waals surface area contributed by atoms with Crippen LogP contribution in [0.15, 0.2) is 12.1 Å². The van der Waals surface area contributed by atoms with Gasteiger partial charge in [0.1, 0.15) is 6.07 Å². The maximum Gasteiger partial charge on any atom is 0.176 e. The summed E-state index contributed by atoms with van der Waals surface area (Å²) in [5, 5.41) is 8.67. The van der Waals surface area contributed by atoms with Crippen LogP contribution in [0.3, 0.4) is 0 Å². The molecule has 1 fully saturated rings. The zero-order chi connectivity index (χ0) is 15.2. The Morgan fingerprint density at radius 3 is 2.52 bits per heavy atom. The second-order valence-electron chi connectivity index (χ2n) is 5.65. The summed E-state index contributed by atoms with van der Waals surface area (Å²) in [6.45, 7) is 2.76. The molecule has 114 valence electrons. The first-order valence-electron chi connectivity index (χ1n) is 7.64. The lowest BCUT2D eigenvalue weighted by Gasteiger charge is -2.28. The molecule has 0 aromatic heterocycles. The minimum Gasteiger partial charge on any atom is -0.379 e. The Balaban J connectivity index is 1.87. The summed E-state index contributed by atoms with van der Waals surface area (Å²) in [6, 6.07) is 4.55. The number of aryl methyl sites for hydroxylation is 1. The summed E-state index contributed by atoms with van der Waals surface area (Å²) in [4.78, 5) is 0. The lowest BCUT2D eigenvalue weighted by atomic mass is 9.83. The molecule has 0 unspecified atom stereocenters. The van der Waals surface area contributed by atoms with Crippen LogP contribution in [0.5, 0.6) is 0 Å². The van der Waals surface area contributed by atoms with Gasteiger partial charge in [-0.3, -0.25) is 0 Å². The first kappa shape index (κ1) is 15.9. The van der Waals surface area contributed by atoms with Crippen molar-refractivity contribution in [3.05, 3.63) is 34.9 Å². The third-order valence-electron chi connectivity index (χ3n) is 4.30. The standard InChI is InChI=1S/C17H21F2NO/c1-2-21-15-9-4-12(5-10-15)3-6-13-7-8-14(11-20)17(19)16(13)18/h7-8,12,15H,2-6,9-10H2,1H3. The molecule has 2 nitrogen and oxygen atoms in total. The molecule has 4 heteroatoms. The highest BCUT2D eigenvalue weighted by Gasteiger charge is 2.22. The molecule has 21 heavy (non-hydrogen) atoms. The summed E-state index contributed by atoms with van der Waals surface area (Å²) in [5.41, 5.74) is 0.145. The van der Waals surface area contributed by atoms with Crippen LogP contribution in [0.2, 0.25) is 0 Å². The summed E-state index contributed by atoms with van der Waals surface area (Å²) in [6.07, 6.45) is 6.05. The molecule has 0 heterocycles. The number of nitrogens with zero attached hydrogens (tertiary/aromatic N) is 1. The van der Waals surface area contributed by atoms with Gasteiger partial charge in [0.05, 0.1) is 11.7 Å². The summed E-state index contributed by atoms with van der Waals surface area (Å²) >= 11 is 0. The number of hydrogen-bond donors (Lipinski definition) is 0. The number of nitriles is 1. The topological polar surface area (TPSA) is 33.0 Å². The molecule has 1 aromatic rings. The molecule has 1 aromatic carbocycles. The lowest BCUT2D eigenvalue weighted by molar-refractivity contribution is 0.0248. The maximum atomic E-state index is 13.8. The molecular formula is C17H21F2NO. The number of hydrogen-bond acceptors (Lipinski definition) is 2. The third kappa shape index (κ3) is 4.01. The molecule has 0 aliphatic heterocycles. The predicted molar refractivity (Wildman–Crippen MR) is 76.8 cm³/mol. The predicted octanol–water partition coefficient (Wildman–Crippen LogP) is 4.36. The van der Waals surface area contributed by atoms with Crippen LogP contribution in [0.4, 0.5) is 8.78 Å². The number of rotatable bonds is 5. The number of halogens is 2. The van der Waals surface area contributed by atoms with Crippen LogP contribution in [-0.4, -0.2) is 12.7 Å². The van der Waals surface area contributed by atoms with E-state index in [-0.39, 0.29) is 5.56 Å². The van der Waals surface area contributed by atoms with Gasteiger partial charge in [-0.2, -0.15) is 5.26 Å². The Morgan fingerprint density at radius 2 is 1.90 bits per heavy atom. The molecule has 1 saturated carbocycles. The molecule has 0 atom stereocenters. The minimum atomic E-state index is -1.02. The van der Waals surface area contributed by atoms with Gasteiger partial charge in [0.2, 0.25) is 0 Å². The van der Waals surface area contributed by atoms with Crippen molar-refractivity contribution in [2.75, 3.05) is 6.61 Å². The quantitative estimate of drug-likeness (QED) is 0.808. The van der Waals surface area contributed by atoms with E-state index in [4.69, 9.17) is 10.00 Å². The van der Waals surface area contributed by atoms with Crippen LogP contribution in [-0.2, 0) is 11.2 Å². The van der Waals surface area contributed by atoms with E-state index < -0.39 is 11.6 Å². The van der Waals surface area contributed by atoms with Gasteiger partial charge < -0.3 is 4.74 Å². The van der Waals surface area contributed by atoms with Gasteiger partial charge >= 0.3 is 0 Å². The Bertz CT molecular complexity index is 516. The minimum absolute atomic E-state index is 0.228. The number of benzene rings is 1. The fourth-order valence-corrected chi connectivity index (χ4v) is 3.05. The Kier molecular flexibility index (Phi) is 5.69. The first-order chi connectivity index (χ1) is 10.2. The fourth-order valence-electron chi connectivity index (χ4n) is 3.05. The molecule has 1 aliphatic carbocycles. The Labute approximate surface area is 124 Å². The van der Waals surface area contributed by atoms with E-state index in [1.807, 2.05) is 6.92 Å². The molecule has 0 radical (unpaired) electrons. The Hall–Kier alpha value is -1.47. The van der Waals surface area contributed by atoms with Gasteiger partial charge in [-0.15, -0.1) is 0 Å². The maximum absolute atomic E-state index is 13.8. The van der Waals surface area contributed by atoms with Crippen molar-refractivity contribution in [3.63, 3.8) is 0 Å². The zero-order valence-corrected chi connectivity index (χ0v) is 12.4. The molecule has 1 aliphatic rings. The van der Waals surface area contributed by atoms with Crippen molar-refractivity contribution < 1.29 is 13.5 Å². The molecule has 0 saturated heterocycles. The van der Waals surface area contributed by atoms with Gasteiger partial charge in [0.25, 0.3) is 0 Å². The van der Waals surface area contributed by atoms with Gasteiger partial charge in [-0.05, 0) is 63.0 Å². The first-order valence-corrected chi connectivity index (χ1v) is 7.64. The van der Waals surface area contributed by atoms with Gasteiger partial charge in [0, 0.05) is 6.61 Å². The van der Waals surface area contributed by atoms with Crippen molar-refractivity contribution in [1.82, 2.24) is 0 Å². The van der Waals surface area contributed by atoms with Crippen molar-refractivity contribution in [2.45, 2.75) is 51.6 Å². The fraction of sp³-hybridized carbons (Fsp3) is 0.588. The van der Waals surface area contributed by atoms with Gasteiger partial charge in [-0.1, -0.05) is 6.07 Å². The molecule has 2 rings (SSSR count). The van der Waals surface area contributed by atoms with Crippen LogP contribution in [0, 0.1) is 28.9 Å². The monoisotopic (exact) mass is 293 g/mol. The second kappa shape index (κ2) is 7.51. The highest BCUT2D eigenvalue weighted by molar-refractivity contribution is 5.34. The van der Waals surface area contributed by atoms with Crippen LogP contribution < -0.4 is 0 Å². The summed E-state index contributed by atoms with van der Waals surface area (Å²) in [7, 11) is 0. The lowest BCUT2D eigenvalue weighted by Crippen LogP contribution is -2.22. The van der Waals surface area contributed by atoms with E-state index in [2.05, 4.69) is 0 Å². The van der Waals surface area contributed by atoms with E-state index in [0.717, 1.165) is 38.7 Å². The van der Waals surface area contributed by atoms with Gasteiger partial charge in [0.15, 0.2) is 11.6 Å². The van der Waals surface area contributed by atoms with E-state index in [9.17, 15) is 8.78 Å². The molecule has 0 N–H and O–H groups in total. The summed E-state index contributed by atoms with van der Waals surface area (Å²) in [5.74, 6) is -1.33. The second-order valence-corrected chi connectivity index (χ2v) is 5.65.